The Balaban J connectivity index is 2.24. The number of nitrogens with one attached hydrogen (secondary N) is 1. The van der Waals surface area contributed by atoms with Crippen molar-refractivity contribution in [3.05, 3.63) is 68.7 Å². The van der Waals surface area contributed by atoms with Crippen LogP contribution >= 0.6 is 23.2 Å². The molecule has 2 aromatic carbocycles. The average Bonchev–Trinajstić information content (AvgIpc) is 2.52. The van der Waals surface area contributed by atoms with Crippen molar-refractivity contribution in [1.29, 1.82) is 5.26 Å². The molecule has 0 aliphatic rings. The fourth-order valence-corrected chi connectivity index (χ4v) is 2.24. The van der Waals surface area contributed by atoms with Crippen molar-refractivity contribution in [2.24, 2.45) is 0 Å². The number of nitriles is 1. The molecule has 0 atom stereocenters. The largest absolute Gasteiger partial charge is 0.321 e. The third-order valence-electron chi connectivity index (χ3n) is 3.38. The highest BCUT2D eigenvalue weighted by atomic mass is 35.5. The van der Waals surface area contributed by atoms with Crippen LogP contribution in [0.15, 0.2) is 42.0 Å². The minimum atomic E-state index is -0.471. The molecule has 5 heteroatoms. The summed E-state index contributed by atoms with van der Waals surface area (Å²) < 4.78 is 0. The number of carbonyl (C=O) groups is 1. The van der Waals surface area contributed by atoms with Gasteiger partial charge in [0.05, 0.1) is 10.0 Å². The van der Waals surface area contributed by atoms with Gasteiger partial charge in [-0.2, -0.15) is 5.26 Å². The smallest absolute Gasteiger partial charge is 0.266 e. The van der Waals surface area contributed by atoms with Crippen LogP contribution in [0.5, 0.6) is 0 Å². The van der Waals surface area contributed by atoms with Gasteiger partial charge >= 0.3 is 0 Å². The van der Waals surface area contributed by atoms with Crippen LogP contribution in [0.3, 0.4) is 0 Å². The Bertz CT molecular complexity index is 835. The van der Waals surface area contributed by atoms with Crippen molar-refractivity contribution in [2.45, 2.75) is 13.8 Å². The molecule has 1 amide bonds. The van der Waals surface area contributed by atoms with Crippen LogP contribution in [-0.2, 0) is 4.79 Å². The molecule has 2 aromatic rings. The number of carbonyl (C=O) groups excluding carboxylic acids is 1. The van der Waals surface area contributed by atoms with Crippen molar-refractivity contribution in [3.63, 3.8) is 0 Å². The molecule has 0 aromatic heterocycles. The van der Waals surface area contributed by atoms with Gasteiger partial charge in [0.1, 0.15) is 11.6 Å². The summed E-state index contributed by atoms with van der Waals surface area (Å²) in [7, 11) is 0. The molecule has 0 aliphatic carbocycles. The molecule has 0 spiro atoms. The van der Waals surface area contributed by atoms with E-state index in [2.05, 4.69) is 5.32 Å². The molecule has 1 N–H and O–H groups in total. The van der Waals surface area contributed by atoms with Crippen molar-refractivity contribution in [1.82, 2.24) is 0 Å². The second-order valence-electron chi connectivity index (χ2n) is 5.10. The van der Waals surface area contributed by atoms with Crippen molar-refractivity contribution >= 4 is 40.9 Å². The Morgan fingerprint density at radius 2 is 1.83 bits per heavy atom. The van der Waals surface area contributed by atoms with E-state index in [4.69, 9.17) is 23.2 Å². The van der Waals surface area contributed by atoms with Crippen molar-refractivity contribution in [2.75, 3.05) is 5.32 Å². The molecule has 0 saturated heterocycles. The van der Waals surface area contributed by atoms with E-state index in [1.165, 1.54) is 6.08 Å². The van der Waals surface area contributed by atoms with Gasteiger partial charge < -0.3 is 5.32 Å². The van der Waals surface area contributed by atoms with Gasteiger partial charge in [-0.1, -0.05) is 35.3 Å². The first-order chi connectivity index (χ1) is 10.9. The fraction of sp³-hybridized carbons (Fsp3) is 0.111. The Labute approximate surface area is 145 Å². The third kappa shape index (κ3) is 4.35. The number of aryl methyl sites for hydroxylation is 2. The van der Waals surface area contributed by atoms with Crippen molar-refractivity contribution in [3.8, 4) is 6.07 Å². The summed E-state index contributed by atoms with van der Waals surface area (Å²) in [6.07, 6.45) is 1.47. The topological polar surface area (TPSA) is 52.9 Å². The van der Waals surface area contributed by atoms with E-state index in [1.807, 2.05) is 32.0 Å². The zero-order valence-electron chi connectivity index (χ0n) is 12.7. The zero-order valence-corrected chi connectivity index (χ0v) is 14.2. The number of halogens is 2. The van der Waals surface area contributed by atoms with Crippen LogP contribution in [0.2, 0.25) is 10.0 Å². The minimum absolute atomic E-state index is 0.0124. The van der Waals surface area contributed by atoms with Crippen LogP contribution in [0.4, 0.5) is 5.69 Å². The van der Waals surface area contributed by atoms with Gasteiger partial charge in [-0.3, -0.25) is 4.79 Å². The van der Waals surface area contributed by atoms with Gasteiger partial charge in [-0.05, 0) is 60.9 Å². The lowest BCUT2D eigenvalue weighted by Crippen LogP contribution is -2.13. The van der Waals surface area contributed by atoms with Gasteiger partial charge in [0.15, 0.2) is 0 Å². The van der Waals surface area contributed by atoms with E-state index in [-0.39, 0.29) is 5.57 Å². The molecule has 2 rings (SSSR count). The van der Waals surface area contributed by atoms with Gasteiger partial charge in [0.25, 0.3) is 5.91 Å². The first-order valence-corrected chi connectivity index (χ1v) is 7.62. The second kappa shape index (κ2) is 7.32. The molecule has 3 nitrogen and oxygen atoms in total. The lowest BCUT2D eigenvalue weighted by atomic mass is 10.1. The Kier molecular flexibility index (Phi) is 5.44. The fourth-order valence-electron chi connectivity index (χ4n) is 1.94. The Morgan fingerprint density at radius 3 is 2.43 bits per heavy atom. The number of amides is 1. The molecule has 23 heavy (non-hydrogen) atoms. The first-order valence-electron chi connectivity index (χ1n) is 6.86. The summed E-state index contributed by atoms with van der Waals surface area (Å²) >= 11 is 11.8. The van der Waals surface area contributed by atoms with E-state index >= 15 is 0 Å². The monoisotopic (exact) mass is 344 g/mol. The number of hydrogen-bond donors (Lipinski definition) is 1. The summed E-state index contributed by atoms with van der Waals surface area (Å²) in [6.45, 7) is 3.95. The number of nitrogens with zero attached hydrogens (tertiary/aromatic N) is 1. The molecule has 0 bridgehead atoms. The van der Waals surface area contributed by atoms with E-state index in [0.717, 1.165) is 11.1 Å². The standard InChI is InChI=1S/C18H14Cl2N2O/c1-11-3-5-15(7-12(11)2)22-18(23)14(10-21)8-13-4-6-16(19)17(20)9-13/h3-9H,1-2H3,(H,22,23)/b14-8+. The lowest BCUT2D eigenvalue weighted by Gasteiger charge is -2.07. The Morgan fingerprint density at radius 1 is 1.09 bits per heavy atom. The second-order valence-corrected chi connectivity index (χ2v) is 5.91. The molecule has 0 aliphatic heterocycles. The highest BCUT2D eigenvalue weighted by Gasteiger charge is 2.10. The molecule has 0 unspecified atom stereocenters. The van der Waals surface area contributed by atoms with Gasteiger partial charge in [0.2, 0.25) is 0 Å². The quantitative estimate of drug-likeness (QED) is 0.617. The maximum Gasteiger partial charge on any atom is 0.266 e. The summed E-state index contributed by atoms with van der Waals surface area (Å²) in [5.74, 6) is -0.471. The third-order valence-corrected chi connectivity index (χ3v) is 4.12. The van der Waals surface area contributed by atoms with Gasteiger partial charge in [0, 0.05) is 5.69 Å². The summed E-state index contributed by atoms with van der Waals surface area (Å²) in [4.78, 5) is 12.2. The van der Waals surface area contributed by atoms with Crippen LogP contribution in [0.25, 0.3) is 6.08 Å². The number of rotatable bonds is 3. The van der Waals surface area contributed by atoms with Crippen LogP contribution in [0.1, 0.15) is 16.7 Å². The summed E-state index contributed by atoms with van der Waals surface area (Å²) in [5, 5.41) is 12.7. The maximum atomic E-state index is 12.2. The SMILES string of the molecule is Cc1ccc(NC(=O)/C(C#N)=C/c2ccc(Cl)c(Cl)c2)cc1C. The predicted octanol–water partition coefficient (Wildman–Crippen LogP) is 5.16. The summed E-state index contributed by atoms with van der Waals surface area (Å²) in [5.41, 5.74) is 3.46. The number of benzene rings is 2. The highest BCUT2D eigenvalue weighted by Crippen LogP contribution is 2.24. The molecule has 0 saturated carbocycles. The normalized spacial score (nSPS) is 11.0. The van der Waals surface area contributed by atoms with Gasteiger partial charge in [-0.25, -0.2) is 0 Å². The van der Waals surface area contributed by atoms with Crippen LogP contribution in [-0.4, -0.2) is 5.91 Å². The van der Waals surface area contributed by atoms with E-state index < -0.39 is 5.91 Å². The molecular weight excluding hydrogens is 331 g/mol. The van der Waals surface area contributed by atoms with E-state index in [9.17, 15) is 10.1 Å². The zero-order chi connectivity index (χ0) is 17.0. The van der Waals surface area contributed by atoms with Crippen LogP contribution in [0, 0.1) is 25.2 Å². The minimum Gasteiger partial charge on any atom is -0.321 e. The molecule has 116 valence electrons. The Hall–Kier alpha value is -2.28. The first kappa shape index (κ1) is 17.1. The molecule has 0 heterocycles. The lowest BCUT2D eigenvalue weighted by molar-refractivity contribution is -0.112. The van der Waals surface area contributed by atoms with E-state index in [1.54, 1.807) is 24.3 Å². The van der Waals surface area contributed by atoms with Crippen LogP contribution < -0.4 is 5.32 Å². The molecule has 0 radical (unpaired) electrons. The predicted molar refractivity (Wildman–Crippen MR) is 94.6 cm³/mol. The molecule has 0 fully saturated rings. The number of anilines is 1. The summed E-state index contributed by atoms with van der Waals surface area (Å²) in [6, 6.07) is 12.4. The molecular formula is C18H14Cl2N2O. The van der Waals surface area contributed by atoms with Gasteiger partial charge in [-0.15, -0.1) is 0 Å². The van der Waals surface area contributed by atoms with Crippen molar-refractivity contribution < 1.29 is 4.79 Å². The van der Waals surface area contributed by atoms with E-state index in [0.29, 0.717) is 21.3 Å². The highest BCUT2D eigenvalue weighted by molar-refractivity contribution is 6.42. The average molecular weight is 345 g/mol. The number of hydrogen-bond acceptors (Lipinski definition) is 2. The maximum absolute atomic E-state index is 12.2.